The first-order chi connectivity index (χ1) is 35.3. The van der Waals surface area contributed by atoms with Crippen molar-refractivity contribution in [2.75, 3.05) is 6.54 Å². The molecule has 0 radical (unpaired) electrons. The minimum Gasteiger partial charge on any atom is -0.490 e. The molecule has 4 N–H and O–H groups in total. The van der Waals surface area contributed by atoms with Gasteiger partial charge < -0.3 is 35.1 Å². The van der Waals surface area contributed by atoms with Crippen LogP contribution in [0.3, 0.4) is 0 Å². The van der Waals surface area contributed by atoms with Crippen molar-refractivity contribution in [3.05, 3.63) is 134 Å². The van der Waals surface area contributed by atoms with Gasteiger partial charge in [0.05, 0.1) is 40.4 Å². The van der Waals surface area contributed by atoms with Gasteiger partial charge in [-0.05, 0) is 93.1 Å². The van der Waals surface area contributed by atoms with Crippen molar-refractivity contribution < 1.29 is 33.4 Å². The molecule has 0 spiro atoms. The number of thiophene rings is 1. The first-order valence-corrected chi connectivity index (χ1v) is 26.8. The van der Waals surface area contributed by atoms with E-state index in [0.29, 0.717) is 40.4 Å². The van der Waals surface area contributed by atoms with Crippen LogP contribution >= 0.6 is 34.3 Å². The van der Waals surface area contributed by atoms with Crippen LogP contribution in [0.1, 0.15) is 120 Å². The van der Waals surface area contributed by atoms with Crippen LogP contribution < -0.4 is 20.7 Å². The number of carbonyl (C=O) groups excluding carboxylic acids is 4. The molecule has 4 aromatic heterocycles. The van der Waals surface area contributed by atoms with Crippen LogP contribution in [0.25, 0.3) is 26.4 Å². The quantitative estimate of drug-likeness (QED) is 0.0862. The van der Waals surface area contributed by atoms with Crippen LogP contribution in [0.4, 0.5) is 0 Å². The highest BCUT2D eigenvalue weighted by Crippen LogP contribution is 2.40. The van der Waals surface area contributed by atoms with Crippen molar-refractivity contribution in [1.29, 1.82) is 0 Å². The molecule has 19 heteroatoms. The van der Waals surface area contributed by atoms with E-state index in [1.165, 1.54) is 4.90 Å². The fraction of sp³-hybridized carbons (Fsp3) is 0.382. The second-order valence-electron chi connectivity index (χ2n) is 20.7. The fourth-order valence-corrected chi connectivity index (χ4v) is 12.1. The van der Waals surface area contributed by atoms with E-state index in [-0.39, 0.29) is 49.2 Å². The highest BCUT2D eigenvalue weighted by Gasteiger charge is 2.45. The molecule has 2 fully saturated rings. The monoisotopic (exact) mass is 1060 g/mol. The molecule has 4 amide bonds. The summed E-state index contributed by atoms with van der Waals surface area (Å²) < 4.78 is 14.4. The summed E-state index contributed by atoms with van der Waals surface area (Å²) in [4.78, 5) is 69.0. The smallest absolute Gasteiger partial charge is 0.287 e. The number of aryl methyl sites for hydroxylation is 3. The van der Waals surface area contributed by atoms with Crippen molar-refractivity contribution in [2.24, 2.45) is 10.4 Å². The predicted molar refractivity (Wildman–Crippen MR) is 285 cm³/mol. The van der Waals surface area contributed by atoms with Gasteiger partial charge in [-0.15, -0.1) is 32.9 Å². The molecule has 0 bridgehead atoms. The minimum atomic E-state index is -1.06. The summed E-state index contributed by atoms with van der Waals surface area (Å²) in [5.74, 6) is 0.276. The van der Waals surface area contributed by atoms with E-state index >= 15 is 0 Å². The number of aliphatic hydroxyl groups excluding tert-OH is 1. The summed E-state index contributed by atoms with van der Waals surface area (Å²) in [6, 6.07) is 19.3. The average molecular weight is 1060 g/mol. The summed E-state index contributed by atoms with van der Waals surface area (Å²) in [5.41, 5.74) is 8.16. The minimum absolute atomic E-state index is 0.000667. The number of thiazole rings is 1. The number of likely N-dealkylation sites (tertiary alicyclic amines) is 1. The van der Waals surface area contributed by atoms with Gasteiger partial charge in [-0.25, -0.2) is 4.98 Å². The Labute approximate surface area is 441 Å². The Morgan fingerprint density at radius 2 is 1.66 bits per heavy atom. The number of amides is 4. The number of β-amino-alcohol motifs (C(OH)–C–C–N with tert-alkyl or cyclic N) is 1. The van der Waals surface area contributed by atoms with Crippen molar-refractivity contribution in [1.82, 2.24) is 40.6 Å². The molecule has 3 aromatic carbocycles. The number of halogens is 1. The normalized spacial score (nSPS) is 20.2. The van der Waals surface area contributed by atoms with Crippen LogP contribution in [-0.2, 0) is 14.4 Å². The van der Waals surface area contributed by atoms with Gasteiger partial charge in [-0.3, -0.25) is 28.7 Å². The zero-order valence-electron chi connectivity index (χ0n) is 42.4. The van der Waals surface area contributed by atoms with Gasteiger partial charge in [0.1, 0.15) is 46.4 Å². The number of fused-ring (bicyclic) bond motifs is 4. The molecule has 2 aliphatic heterocycles. The average Bonchev–Trinajstić information content (AvgIpc) is 4.19. The number of ether oxygens (including phenoxy) is 1. The number of carbonyl (C=O) groups is 4. The maximum Gasteiger partial charge on any atom is 0.287 e. The lowest BCUT2D eigenvalue weighted by Gasteiger charge is -2.36. The molecule has 74 heavy (non-hydrogen) atoms. The third kappa shape index (κ3) is 10.1. The van der Waals surface area contributed by atoms with E-state index in [9.17, 15) is 24.3 Å². The highest BCUT2D eigenvalue weighted by atomic mass is 35.5. The lowest BCUT2D eigenvalue weighted by Crippen LogP contribution is -2.57. The Bertz CT molecular complexity index is 3330. The van der Waals surface area contributed by atoms with Gasteiger partial charge >= 0.3 is 0 Å². The molecule has 1 saturated carbocycles. The molecule has 7 aromatic rings. The van der Waals surface area contributed by atoms with E-state index < -0.39 is 47.4 Å². The maximum atomic E-state index is 14.4. The second-order valence-corrected chi connectivity index (χ2v) is 23.2. The number of benzene rings is 3. The van der Waals surface area contributed by atoms with E-state index in [1.807, 2.05) is 100 Å². The van der Waals surface area contributed by atoms with Crippen molar-refractivity contribution in [3.63, 3.8) is 0 Å². The third-order valence-electron chi connectivity index (χ3n) is 14.2. The number of rotatable bonds is 13. The largest absolute Gasteiger partial charge is 0.490 e. The van der Waals surface area contributed by atoms with Crippen molar-refractivity contribution in [3.8, 4) is 21.2 Å². The lowest BCUT2D eigenvalue weighted by molar-refractivity contribution is -0.142. The molecule has 16 nitrogen and oxygen atoms in total. The van der Waals surface area contributed by atoms with Crippen molar-refractivity contribution >= 4 is 74.6 Å². The number of hydrogen-bond acceptors (Lipinski definition) is 13. The number of furan rings is 1. The lowest BCUT2D eigenvalue weighted by atomic mass is 9.85. The van der Waals surface area contributed by atoms with Crippen LogP contribution in [-0.4, -0.2) is 96.0 Å². The Balaban J connectivity index is 0.754. The van der Waals surface area contributed by atoms with E-state index in [1.54, 1.807) is 46.9 Å². The van der Waals surface area contributed by atoms with E-state index in [4.69, 9.17) is 25.7 Å². The topological polar surface area (TPSA) is 206 Å². The Morgan fingerprint density at radius 1 is 0.932 bits per heavy atom. The third-order valence-corrected chi connectivity index (χ3v) is 16.7. The first-order valence-electron chi connectivity index (χ1n) is 24.8. The van der Waals surface area contributed by atoms with Gasteiger partial charge in [0.2, 0.25) is 17.7 Å². The fourth-order valence-electron chi connectivity index (χ4n) is 9.99. The Kier molecular flexibility index (Phi) is 13.9. The van der Waals surface area contributed by atoms with Crippen LogP contribution in [0, 0.1) is 33.1 Å². The summed E-state index contributed by atoms with van der Waals surface area (Å²) in [6.45, 7) is 15.4. The first kappa shape index (κ1) is 50.8. The van der Waals surface area contributed by atoms with Crippen LogP contribution in [0.2, 0.25) is 5.02 Å². The summed E-state index contributed by atoms with van der Waals surface area (Å²) in [5, 5.41) is 31.1. The molecule has 10 rings (SSSR count). The van der Waals surface area contributed by atoms with Gasteiger partial charge in [-0.2, -0.15) is 0 Å². The second kappa shape index (κ2) is 20.2. The van der Waals surface area contributed by atoms with Gasteiger partial charge in [0.25, 0.3) is 5.91 Å². The van der Waals surface area contributed by atoms with E-state index in [2.05, 4.69) is 45.0 Å². The SMILES string of the molecule is Cc1ncsc1-c1ccc([C@H](C)NC(=O)[C@H]2C[C@H](O)CN2C(=O)[C@@H](NC(=O)c2cc3cc(OC4CC(NC(=O)C[C@@H]5N=C(c6ccc(Cl)cc6)c6c(sc(C)c6C)-n6c(C)nnc65)C4)ccc3o2)C(C)(C)C)cc1. The molecule has 384 valence electrons. The molecule has 1 saturated heterocycles. The highest BCUT2D eigenvalue weighted by molar-refractivity contribution is 7.15. The number of aliphatic imine (C=N–C) groups is 1. The Hall–Kier alpha value is -6.73. The molecule has 3 aliphatic rings. The molecular formula is C55H58ClN9O7S2. The van der Waals surface area contributed by atoms with E-state index in [0.717, 1.165) is 59.8 Å². The van der Waals surface area contributed by atoms with Crippen molar-refractivity contribution in [2.45, 2.75) is 123 Å². The zero-order chi connectivity index (χ0) is 52.3. The number of aromatic nitrogens is 4. The molecule has 1 aliphatic carbocycles. The molecule has 6 heterocycles. The predicted octanol–water partition coefficient (Wildman–Crippen LogP) is 9.08. The molecule has 5 atom stereocenters. The Morgan fingerprint density at radius 3 is 2.36 bits per heavy atom. The van der Waals surface area contributed by atoms with Crippen LogP contribution in [0.15, 0.2) is 87.7 Å². The summed E-state index contributed by atoms with van der Waals surface area (Å²) >= 11 is 9.51. The number of aliphatic hydroxyl groups is 1. The van der Waals surface area contributed by atoms with Crippen LogP contribution in [0.5, 0.6) is 5.75 Å². The van der Waals surface area contributed by atoms with Gasteiger partial charge in [0.15, 0.2) is 11.6 Å². The molecule has 0 unspecified atom stereocenters. The number of hydrogen-bond donors (Lipinski definition) is 4. The molecular weight excluding hydrogens is 998 g/mol. The standard InChI is InChI=1S/C55H58ClN9O7S2/c1-27-30(4)74-54-46(27)47(33-13-15-36(56)16-14-33)60-41(50-63-62-31(5)65(50)54)24-45(67)59-37-21-40(22-37)71-39-17-18-43-35(19-39)20-44(72-43)52(69)61-49(55(6,7)8)53(70)64-25-38(66)23-42(64)51(68)58-28(2)32-9-11-34(12-10-32)48-29(3)57-26-73-48/h9-20,26,28,37-38,40-42,49,66H,21-25H2,1-8H3,(H,58,68)(H,59,67)(H,61,69)/t28-,37?,38-,40?,41-,42+,49+/m0/s1. The summed E-state index contributed by atoms with van der Waals surface area (Å²) in [7, 11) is 0. The van der Waals surface area contributed by atoms with Gasteiger partial charge in [-0.1, -0.05) is 68.8 Å². The maximum absolute atomic E-state index is 14.4. The summed E-state index contributed by atoms with van der Waals surface area (Å²) in [6.07, 6.45) is 0.255. The number of nitrogens with one attached hydrogen (secondary N) is 3. The van der Waals surface area contributed by atoms with Gasteiger partial charge in [0, 0.05) is 58.3 Å². The zero-order valence-corrected chi connectivity index (χ0v) is 44.7. The number of nitrogens with zero attached hydrogens (tertiary/aromatic N) is 6.